The third-order valence-electron chi connectivity index (χ3n) is 6.07. The second kappa shape index (κ2) is 6.87. The van der Waals surface area contributed by atoms with Crippen LogP contribution in [0.2, 0.25) is 6.82 Å². The van der Waals surface area contributed by atoms with Crippen molar-refractivity contribution in [3.05, 3.63) is 77.4 Å². The van der Waals surface area contributed by atoms with E-state index in [1.165, 1.54) is 22.2 Å². The van der Waals surface area contributed by atoms with Crippen molar-refractivity contribution in [3.63, 3.8) is 0 Å². The number of hydrogen-bond acceptors (Lipinski definition) is 3. The monoisotopic (exact) mass is 394 g/mol. The fourth-order valence-electron chi connectivity index (χ4n) is 4.66. The zero-order valence-corrected chi connectivity index (χ0v) is 18.1. The summed E-state index contributed by atoms with van der Waals surface area (Å²) in [4.78, 5) is 6.99. The van der Waals surface area contributed by atoms with Crippen LogP contribution in [0.15, 0.2) is 64.8 Å². The summed E-state index contributed by atoms with van der Waals surface area (Å²) in [5.74, 6) is 2.07. The van der Waals surface area contributed by atoms with Gasteiger partial charge in [0.1, 0.15) is 5.76 Å². The molecule has 5 rings (SSSR count). The van der Waals surface area contributed by atoms with Crippen LogP contribution < -0.4 is 14.8 Å². The van der Waals surface area contributed by atoms with E-state index in [4.69, 9.17) is 4.42 Å². The molecule has 148 valence electrons. The van der Waals surface area contributed by atoms with Crippen LogP contribution in [-0.2, 0) is 7.05 Å². The van der Waals surface area contributed by atoms with Gasteiger partial charge in [-0.2, -0.15) is 0 Å². The molecule has 30 heavy (non-hydrogen) atoms. The van der Waals surface area contributed by atoms with Crippen LogP contribution in [0.1, 0.15) is 23.9 Å². The summed E-state index contributed by atoms with van der Waals surface area (Å²) in [7, 11) is 2.12. The molecule has 3 aromatic heterocycles. The minimum absolute atomic E-state index is 0.133. The van der Waals surface area contributed by atoms with Gasteiger partial charge in [-0.15, -0.1) is 0 Å². The molecule has 5 heteroatoms. The highest BCUT2D eigenvalue weighted by Gasteiger charge is 2.40. The SMILES string of the molecule is CB1c2c(oc3nc(C)ccc23)C=C(C)N1c1cc(-c2ccccc2)c(C)c[n+]1C. The summed E-state index contributed by atoms with van der Waals surface area (Å²) in [5, 5.41) is 1.09. The molecule has 0 radical (unpaired) electrons. The van der Waals surface area contributed by atoms with Crippen LogP contribution in [-0.4, -0.2) is 11.8 Å². The molecular weight excluding hydrogens is 369 g/mol. The van der Waals surface area contributed by atoms with E-state index in [-0.39, 0.29) is 6.85 Å². The number of nitrogens with zero attached hydrogens (tertiary/aromatic N) is 3. The van der Waals surface area contributed by atoms with E-state index in [0.717, 1.165) is 34.1 Å². The maximum absolute atomic E-state index is 6.12. The van der Waals surface area contributed by atoms with Crippen LogP contribution in [0.4, 0.5) is 5.82 Å². The summed E-state index contributed by atoms with van der Waals surface area (Å²) in [6, 6.07) is 17.1. The number of pyridine rings is 2. The van der Waals surface area contributed by atoms with Crippen LogP contribution in [0.25, 0.3) is 28.3 Å². The molecule has 0 fully saturated rings. The molecule has 0 aliphatic carbocycles. The average Bonchev–Trinajstić information content (AvgIpc) is 3.07. The highest BCUT2D eigenvalue weighted by molar-refractivity contribution is 6.79. The van der Waals surface area contributed by atoms with E-state index in [0.29, 0.717) is 0 Å². The second-order valence-electron chi connectivity index (χ2n) is 8.22. The summed E-state index contributed by atoms with van der Waals surface area (Å²) in [5.41, 5.74) is 7.79. The first-order valence-corrected chi connectivity index (χ1v) is 10.4. The lowest BCUT2D eigenvalue weighted by Crippen LogP contribution is -2.52. The molecule has 0 N–H and O–H groups in total. The van der Waals surface area contributed by atoms with E-state index < -0.39 is 0 Å². The Morgan fingerprint density at radius 2 is 1.80 bits per heavy atom. The largest absolute Gasteiger partial charge is 0.439 e. The third kappa shape index (κ3) is 2.85. The molecule has 4 aromatic rings. The number of benzene rings is 1. The molecule has 0 amide bonds. The van der Waals surface area contributed by atoms with Crippen molar-refractivity contribution in [1.29, 1.82) is 0 Å². The molecule has 0 spiro atoms. The second-order valence-corrected chi connectivity index (χ2v) is 8.22. The van der Waals surface area contributed by atoms with Crippen molar-refractivity contribution in [2.75, 3.05) is 4.81 Å². The lowest BCUT2D eigenvalue weighted by atomic mass is 9.54. The molecule has 0 bridgehead atoms. The van der Waals surface area contributed by atoms with Gasteiger partial charge in [-0.25, -0.2) is 9.55 Å². The van der Waals surface area contributed by atoms with Gasteiger partial charge in [0.25, 0.3) is 5.82 Å². The molecule has 1 aromatic carbocycles. The zero-order chi connectivity index (χ0) is 21.0. The third-order valence-corrected chi connectivity index (χ3v) is 6.07. The Kier molecular flexibility index (Phi) is 4.28. The van der Waals surface area contributed by atoms with E-state index in [9.17, 15) is 0 Å². The number of furan rings is 1. The first-order chi connectivity index (χ1) is 14.4. The van der Waals surface area contributed by atoms with Crippen molar-refractivity contribution < 1.29 is 8.98 Å². The molecule has 1 aliphatic heterocycles. The predicted molar refractivity (Wildman–Crippen MR) is 124 cm³/mol. The summed E-state index contributed by atoms with van der Waals surface area (Å²) in [6.07, 6.45) is 4.35. The summed E-state index contributed by atoms with van der Waals surface area (Å²) < 4.78 is 8.33. The zero-order valence-electron chi connectivity index (χ0n) is 18.1. The Hall–Kier alpha value is -3.34. The van der Waals surface area contributed by atoms with Crippen molar-refractivity contribution >= 4 is 35.3 Å². The smallest absolute Gasteiger partial charge is 0.413 e. The maximum atomic E-state index is 6.12. The fraction of sp³-hybridized carbons (Fsp3) is 0.200. The van der Waals surface area contributed by atoms with Gasteiger partial charge >= 0.3 is 6.85 Å². The predicted octanol–water partition coefficient (Wildman–Crippen LogP) is 4.65. The van der Waals surface area contributed by atoms with Gasteiger partial charge < -0.3 is 4.42 Å². The van der Waals surface area contributed by atoms with Gasteiger partial charge in [-0.05, 0) is 56.4 Å². The first kappa shape index (κ1) is 18.7. The Balaban J connectivity index is 1.68. The summed E-state index contributed by atoms with van der Waals surface area (Å²) in [6.45, 7) is 8.69. The topological polar surface area (TPSA) is 33.2 Å². The molecule has 0 saturated carbocycles. The van der Waals surface area contributed by atoms with Crippen molar-refractivity contribution in [2.24, 2.45) is 7.05 Å². The van der Waals surface area contributed by atoms with Gasteiger partial charge in [0.2, 0.25) is 5.71 Å². The van der Waals surface area contributed by atoms with Gasteiger partial charge in [0.15, 0.2) is 0 Å². The molecule has 4 heterocycles. The van der Waals surface area contributed by atoms with Crippen LogP contribution >= 0.6 is 0 Å². The number of anilines is 1. The molecule has 0 atom stereocenters. The van der Waals surface area contributed by atoms with Crippen LogP contribution in [0.3, 0.4) is 0 Å². The number of hydrogen-bond donors (Lipinski definition) is 0. The highest BCUT2D eigenvalue weighted by atomic mass is 16.3. The first-order valence-electron chi connectivity index (χ1n) is 10.4. The van der Waals surface area contributed by atoms with Gasteiger partial charge in [0.05, 0.1) is 18.9 Å². The van der Waals surface area contributed by atoms with Gasteiger partial charge in [0, 0.05) is 28.7 Å². The number of fused-ring (bicyclic) bond motifs is 3. The number of rotatable bonds is 2. The fourth-order valence-corrected chi connectivity index (χ4v) is 4.66. The minimum atomic E-state index is 0.133. The molecule has 1 aliphatic rings. The van der Waals surface area contributed by atoms with Gasteiger partial charge in [-0.3, -0.25) is 4.81 Å². The number of aryl methyl sites for hydroxylation is 3. The Morgan fingerprint density at radius 1 is 1.03 bits per heavy atom. The summed E-state index contributed by atoms with van der Waals surface area (Å²) >= 11 is 0. The normalized spacial score (nSPS) is 13.6. The number of aromatic nitrogens is 2. The lowest BCUT2D eigenvalue weighted by molar-refractivity contribution is -0.658. The van der Waals surface area contributed by atoms with E-state index >= 15 is 0 Å². The quantitative estimate of drug-likeness (QED) is 0.367. The van der Waals surface area contributed by atoms with E-state index in [2.05, 4.69) is 103 Å². The Morgan fingerprint density at radius 3 is 2.57 bits per heavy atom. The molecular formula is C25H25BN3O+. The van der Waals surface area contributed by atoms with Crippen molar-refractivity contribution in [2.45, 2.75) is 27.6 Å². The number of allylic oxidation sites excluding steroid dienone is 1. The maximum Gasteiger partial charge on any atom is 0.413 e. The Labute approximate surface area is 177 Å². The molecule has 4 nitrogen and oxygen atoms in total. The van der Waals surface area contributed by atoms with Gasteiger partial charge in [-0.1, -0.05) is 30.3 Å². The standard InChI is InChI=1S/C25H25BN3O/c1-16-15-28(5)23(14-21(16)19-9-7-6-8-10-19)29-18(3)13-22-24(26(29)4)20-12-11-17(2)27-25(20)30-22/h6-15H,1-5H3/q+1. The lowest BCUT2D eigenvalue weighted by Gasteiger charge is -2.27. The molecule has 0 saturated heterocycles. The van der Waals surface area contributed by atoms with Crippen molar-refractivity contribution in [3.8, 4) is 11.1 Å². The van der Waals surface area contributed by atoms with Crippen molar-refractivity contribution in [1.82, 2.24) is 4.98 Å². The molecule has 0 unspecified atom stereocenters. The Bertz CT molecular complexity index is 1310. The van der Waals surface area contributed by atoms with Crippen LogP contribution in [0.5, 0.6) is 0 Å². The minimum Gasteiger partial charge on any atom is -0.439 e. The average molecular weight is 394 g/mol. The van der Waals surface area contributed by atoms with Crippen LogP contribution in [0, 0.1) is 13.8 Å². The van der Waals surface area contributed by atoms with E-state index in [1.54, 1.807) is 0 Å². The highest BCUT2D eigenvalue weighted by Crippen LogP contribution is 2.31. The van der Waals surface area contributed by atoms with E-state index in [1.807, 2.05) is 6.92 Å².